The number of H-pyrrole nitrogens is 1. The molecule has 2 aromatic carbocycles. The molecule has 4 aromatic rings. The summed E-state index contributed by atoms with van der Waals surface area (Å²) in [5.74, 6) is -0.231. The molecule has 0 saturated heterocycles. The highest BCUT2D eigenvalue weighted by Crippen LogP contribution is 2.34. The summed E-state index contributed by atoms with van der Waals surface area (Å²) in [5.41, 5.74) is 0.0952. The number of halogens is 3. The molecule has 4 rings (SSSR count). The minimum absolute atomic E-state index is 0.00870. The van der Waals surface area contributed by atoms with Gasteiger partial charge in [0.15, 0.2) is 0 Å². The number of benzene rings is 2. The molecule has 2 heterocycles. The Morgan fingerprint density at radius 2 is 1.79 bits per heavy atom. The molecule has 2 amide bonds. The zero-order valence-corrected chi connectivity index (χ0v) is 17.9. The highest BCUT2D eigenvalue weighted by molar-refractivity contribution is 6.04. The van der Waals surface area contributed by atoms with Gasteiger partial charge >= 0.3 is 6.18 Å². The van der Waals surface area contributed by atoms with Crippen molar-refractivity contribution in [2.75, 3.05) is 12.4 Å². The number of imidazole rings is 1. The first-order chi connectivity index (χ1) is 16.1. The molecule has 0 unspecified atom stereocenters. The summed E-state index contributed by atoms with van der Waals surface area (Å²) < 4.78 is 45.2. The first-order valence-electron chi connectivity index (χ1n) is 9.99. The third kappa shape index (κ3) is 4.82. The molecule has 3 N–H and O–H groups in total. The minimum atomic E-state index is -4.50. The molecule has 0 saturated carbocycles. The monoisotopic (exact) mass is 469 g/mol. The van der Waals surface area contributed by atoms with Gasteiger partial charge in [-0.05, 0) is 48.9 Å². The topological polar surface area (TPSA) is 109 Å². The molecular formula is C23H18F3N5O3. The van der Waals surface area contributed by atoms with Crippen molar-refractivity contribution in [3.05, 3.63) is 77.1 Å². The number of carbonyl (C=O) groups excluding carboxylic acids is 2. The lowest BCUT2D eigenvalue weighted by Crippen LogP contribution is -2.18. The molecule has 0 aliphatic rings. The predicted octanol–water partition coefficient (Wildman–Crippen LogP) is 4.69. The number of hydrogen-bond donors (Lipinski definition) is 3. The second kappa shape index (κ2) is 8.85. The van der Waals surface area contributed by atoms with Gasteiger partial charge in [0, 0.05) is 24.9 Å². The Labute approximate surface area is 191 Å². The fraction of sp³-hybridized carbons (Fsp3) is 0.130. The third-order valence-electron chi connectivity index (χ3n) is 4.89. The standard InChI is InChI=1S/C23H18F3N5O3/c1-12-8-17-18(11-16(12)23(24,25)26)30-22(29-17)31-20(32)13-4-3-5-14(9-13)34-15-6-7-28-19(10-15)21(33)27-2/h3-11H,1-2H3,(H,27,33)(H2,29,30,31,32). The molecule has 0 spiro atoms. The van der Waals surface area contributed by atoms with Crippen LogP contribution < -0.4 is 15.4 Å². The Morgan fingerprint density at radius 3 is 2.53 bits per heavy atom. The van der Waals surface area contributed by atoms with Crippen LogP contribution in [0.3, 0.4) is 0 Å². The zero-order valence-electron chi connectivity index (χ0n) is 17.9. The van der Waals surface area contributed by atoms with E-state index in [0.29, 0.717) is 17.0 Å². The van der Waals surface area contributed by atoms with Crippen LogP contribution >= 0.6 is 0 Å². The number of carbonyl (C=O) groups is 2. The van der Waals surface area contributed by atoms with E-state index in [1.54, 1.807) is 24.3 Å². The Bertz CT molecular complexity index is 1400. The van der Waals surface area contributed by atoms with Crippen LogP contribution in [0.2, 0.25) is 0 Å². The smallest absolute Gasteiger partial charge is 0.416 e. The summed E-state index contributed by atoms with van der Waals surface area (Å²) in [7, 11) is 1.48. The van der Waals surface area contributed by atoms with Gasteiger partial charge in [-0.3, -0.25) is 19.9 Å². The Kier molecular flexibility index (Phi) is 5.93. The fourth-order valence-electron chi connectivity index (χ4n) is 3.27. The van der Waals surface area contributed by atoms with Gasteiger partial charge < -0.3 is 15.0 Å². The predicted molar refractivity (Wildman–Crippen MR) is 118 cm³/mol. The lowest BCUT2D eigenvalue weighted by Gasteiger charge is -2.09. The maximum atomic E-state index is 13.1. The largest absolute Gasteiger partial charge is 0.457 e. The third-order valence-corrected chi connectivity index (χ3v) is 4.89. The summed E-state index contributed by atoms with van der Waals surface area (Å²) in [4.78, 5) is 35.3. The number of amides is 2. The molecule has 174 valence electrons. The number of nitrogens with zero attached hydrogens (tertiary/aromatic N) is 2. The molecule has 0 radical (unpaired) electrons. The van der Waals surface area contributed by atoms with Crippen LogP contribution in [0.5, 0.6) is 11.5 Å². The zero-order chi connectivity index (χ0) is 24.5. The lowest BCUT2D eigenvalue weighted by molar-refractivity contribution is -0.137. The Hall–Kier alpha value is -4.41. The van der Waals surface area contributed by atoms with Crippen LogP contribution in [0.25, 0.3) is 11.0 Å². The molecule has 0 fully saturated rings. The van der Waals surface area contributed by atoms with Crippen molar-refractivity contribution in [3.63, 3.8) is 0 Å². The van der Waals surface area contributed by atoms with Crippen molar-refractivity contribution in [1.29, 1.82) is 0 Å². The molecule has 0 aliphatic heterocycles. The number of anilines is 1. The van der Waals surface area contributed by atoms with E-state index in [1.165, 1.54) is 38.4 Å². The van der Waals surface area contributed by atoms with Gasteiger partial charge in [-0.15, -0.1) is 0 Å². The van der Waals surface area contributed by atoms with E-state index in [9.17, 15) is 22.8 Å². The average Bonchev–Trinajstić information content (AvgIpc) is 3.18. The highest BCUT2D eigenvalue weighted by atomic mass is 19.4. The van der Waals surface area contributed by atoms with E-state index in [2.05, 4.69) is 25.6 Å². The van der Waals surface area contributed by atoms with E-state index < -0.39 is 17.6 Å². The number of pyridine rings is 1. The van der Waals surface area contributed by atoms with E-state index >= 15 is 0 Å². The van der Waals surface area contributed by atoms with E-state index in [1.807, 2.05) is 0 Å². The van der Waals surface area contributed by atoms with Gasteiger partial charge in [0.25, 0.3) is 11.8 Å². The normalized spacial score (nSPS) is 11.3. The Balaban J connectivity index is 1.53. The second-order valence-electron chi connectivity index (χ2n) is 7.31. The van der Waals surface area contributed by atoms with Crippen LogP contribution in [-0.4, -0.2) is 33.8 Å². The molecule has 34 heavy (non-hydrogen) atoms. The Morgan fingerprint density at radius 1 is 1.03 bits per heavy atom. The summed E-state index contributed by atoms with van der Waals surface area (Å²) in [5, 5.41) is 5.01. The molecule has 8 nitrogen and oxygen atoms in total. The number of ether oxygens (including phenoxy) is 1. The molecular weight excluding hydrogens is 451 g/mol. The minimum Gasteiger partial charge on any atom is -0.457 e. The number of aryl methyl sites for hydroxylation is 1. The summed E-state index contributed by atoms with van der Waals surface area (Å²) in [6, 6.07) is 11.5. The molecule has 2 aromatic heterocycles. The van der Waals surface area contributed by atoms with Gasteiger partial charge in [-0.25, -0.2) is 4.98 Å². The molecule has 11 heteroatoms. The number of aromatic amines is 1. The van der Waals surface area contributed by atoms with Crippen molar-refractivity contribution >= 4 is 28.8 Å². The summed E-state index contributed by atoms with van der Waals surface area (Å²) in [6.45, 7) is 1.35. The van der Waals surface area contributed by atoms with Gasteiger partial charge in [-0.1, -0.05) is 6.07 Å². The number of nitrogens with one attached hydrogen (secondary N) is 3. The van der Waals surface area contributed by atoms with Crippen LogP contribution in [0, 0.1) is 6.92 Å². The lowest BCUT2D eigenvalue weighted by atomic mass is 10.1. The molecule has 0 atom stereocenters. The van der Waals surface area contributed by atoms with Crippen molar-refractivity contribution < 1.29 is 27.5 Å². The second-order valence-corrected chi connectivity index (χ2v) is 7.31. The number of aromatic nitrogens is 3. The average molecular weight is 469 g/mol. The van der Waals surface area contributed by atoms with E-state index in [0.717, 1.165) is 6.07 Å². The SMILES string of the molecule is CNC(=O)c1cc(Oc2cccc(C(=O)Nc3nc4cc(C(F)(F)F)c(C)cc4[nH]3)c2)ccn1. The number of fused-ring (bicyclic) bond motifs is 1. The van der Waals surface area contributed by atoms with Gasteiger partial charge in [0.1, 0.15) is 17.2 Å². The number of rotatable bonds is 5. The summed E-state index contributed by atoms with van der Waals surface area (Å²) in [6.07, 6.45) is -3.08. The first-order valence-corrected chi connectivity index (χ1v) is 9.99. The van der Waals surface area contributed by atoms with Crippen LogP contribution in [-0.2, 0) is 6.18 Å². The van der Waals surface area contributed by atoms with Crippen molar-refractivity contribution in [3.8, 4) is 11.5 Å². The van der Waals surface area contributed by atoms with Gasteiger partial charge in [0.05, 0.1) is 16.6 Å². The maximum Gasteiger partial charge on any atom is 0.416 e. The summed E-state index contributed by atoms with van der Waals surface area (Å²) >= 11 is 0. The van der Waals surface area contributed by atoms with Crippen LogP contribution in [0.15, 0.2) is 54.7 Å². The fourth-order valence-corrected chi connectivity index (χ4v) is 3.27. The van der Waals surface area contributed by atoms with Crippen molar-refractivity contribution in [2.24, 2.45) is 0 Å². The maximum absolute atomic E-state index is 13.1. The quantitative estimate of drug-likeness (QED) is 0.393. The van der Waals surface area contributed by atoms with Crippen molar-refractivity contribution in [1.82, 2.24) is 20.3 Å². The first kappa shape index (κ1) is 22.8. The molecule has 0 aliphatic carbocycles. The van der Waals surface area contributed by atoms with E-state index in [-0.39, 0.29) is 34.2 Å². The van der Waals surface area contributed by atoms with E-state index in [4.69, 9.17) is 4.74 Å². The number of alkyl halides is 3. The number of hydrogen-bond acceptors (Lipinski definition) is 5. The highest BCUT2D eigenvalue weighted by Gasteiger charge is 2.33. The van der Waals surface area contributed by atoms with Crippen LogP contribution in [0.4, 0.5) is 19.1 Å². The van der Waals surface area contributed by atoms with Crippen LogP contribution in [0.1, 0.15) is 32.0 Å². The van der Waals surface area contributed by atoms with Gasteiger partial charge in [0.2, 0.25) is 5.95 Å². The molecule has 0 bridgehead atoms. The van der Waals surface area contributed by atoms with Gasteiger partial charge in [-0.2, -0.15) is 13.2 Å². The van der Waals surface area contributed by atoms with Crippen molar-refractivity contribution in [2.45, 2.75) is 13.1 Å².